The number of rotatable bonds is 0. The molecule has 1 rings (SSSR count). The molecule has 0 saturated heterocycles. The molecule has 0 radical (unpaired) electrons. The minimum Gasteiger partial charge on any atom is -0.346 e. The highest BCUT2D eigenvalue weighted by atomic mass is 32.2. The summed E-state index contributed by atoms with van der Waals surface area (Å²) in [7, 11) is -2.61. The molecule has 0 spiro atoms. The lowest BCUT2D eigenvalue weighted by atomic mass is 11.0. The lowest BCUT2D eigenvalue weighted by Gasteiger charge is -1.45. The average molecular weight is 149 g/mol. The molecule has 0 unspecified atom stereocenters. The highest BCUT2D eigenvalue weighted by Crippen LogP contribution is 1.64. The van der Waals surface area contributed by atoms with E-state index in [1.807, 2.05) is 0 Å². The van der Waals surface area contributed by atoms with E-state index in [1.165, 1.54) is 12.5 Å². The number of hydrogen-bond acceptors (Lipinski definition) is 6. The van der Waals surface area contributed by atoms with Gasteiger partial charge in [-0.15, -0.1) is 5.10 Å². The van der Waals surface area contributed by atoms with Gasteiger partial charge in [0.1, 0.15) is 6.26 Å². The van der Waals surface area contributed by atoms with Crippen LogP contribution in [-0.4, -0.2) is 18.8 Å². The molecular weight excluding hydrogens is 146 g/mol. The van der Waals surface area contributed by atoms with Gasteiger partial charge in [-0.2, -0.15) is 13.2 Å². The normalized spacial score (nSPS) is 7.11. The Bertz CT molecular complexity index is 199. The van der Waals surface area contributed by atoms with Gasteiger partial charge in [-0.25, -0.2) is 0 Å². The van der Waals surface area contributed by atoms with Crippen molar-refractivity contribution in [2.75, 3.05) is 0 Å². The third kappa shape index (κ3) is 10.8. The van der Waals surface area contributed by atoms with Gasteiger partial charge in [0.25, 0.3) is 0 Å². The molecule has 50 valence electrons. The third-order valence-corrected chi connectivity index (χ3v) is 0.283. The monoisotopic (exact) mass is 149 g/mol. The number of aromatic nitrogens is 2. The Kier molecular flexibility index (Phi) is 4.23. The Morgan fingerprint density at radius 2 is 2.11 bits per heavy atom. The fourth-order valence-electron chi connectivity index (χ4n) is 0.136. The van der Waals surface area contributed by atoms with Gasteiger partial charge in [0.2, 0.25) is 0 Å². The Hall–Kier alpha value is -1.24. The maximum Gasteiger partial charge on any atom is 0.308 e. The molecule has 1 N–H and O–H groups in total. The summed E-state index contributed by atoms with van der Waals surface area (Å²) in [6.07, 6.45) is 2.88. The summed E-state index contributed by atoms with van der Waals surface area (Å²) in [6.45, 7) is 0. The zero-order chi connectivity index (χ0) is 7.11. The molecule has 0 aliphatic carbocycles. The summed E-state index contributed by atoms with van der Waals surface area (Å²) in [6, 6.07) is 0. The van der Waals surface area contributed by atoms with E-state index in [9.17, 15) is 0 Å². The second kappa shape index (κ2) is 4.91. The second-order valence-corrected chi connectivity index (χ2v) is 1.29. The third-order valence-electron chi connectivity index (χ3n) is 0.283. The van der Waals surface area contributed by atoms with Gasteiger partial charge in [-0.05, 0) is 0 Å². The van der Waals surface area contributed by atoms with Gasteiger partial charge >= 0.3 is 10.5 Å². The topological polar surface area (TPSA) is 96.9 Å². The largest absolute Gasteiger partial charge is 0.346 e. The van der Waals surface area contributed by atoms with Crippen LogP contribution in [0, 0.1) is 4.78 Å². The van der Waals surface area contributed by atoms with E-state index in [1.54, 1.807) is 0 Å². The molecule has 6 nitrogen and oxygen atoms in total. The lowest BCUT2D eigenvalue weighted by molar-refractivity contribution is 0.393. The van der Waals surface area contributed by atoms with Crippen molar-refractivity contribution in [1.82, 2.24) is 10.4 Å². The first-order valence-electron chi connectivity index (χ1n) is 1.75. The van der Waals surface area contributed by atoms with E-state index in [0.29, 0.717) is 0 Å². The predicted octanol–water partition coefficient (Wildman–Crippen LogP) is -0.303. The molecule has 0 saturated carbocycles. The SMILES string of the molecule is N=S(=O)=O.c1conn1. The minimum absolute atomic E-state index is 1.40. The first-order valence-corrected chi connectivity index (χ1v) is 2.82. The summed E-state index contributed by atoms with van der Waals surface area (Å²) >= 11 is 0. The van der Waals surface area contributed by atoms with E-state index >= 15 is 0 Å². The van der Waals surface area contributed by atoms with Crippen LogP contribution in [-0.2, 0) is 10.5 Å². The van der Waals surface area contributed by atoms with E-state index in [4.69, 9.17) is 13.2 Å². The molecule has 0 aromatic carbocycles. The van der Waals surface area contributed by atoms with Crippen molar-refractivity contribution < 1.29 is 12.9 Å². The van der Waals surface area contributed by atoms with Crippen molar-refractivity contribution in [2.45, 2.75) is 0 Å². The molecular formula is C2H3N3O3S. The molecule has 7 heteroatoms. The summed E-state index contributed by atoms with van der Waals surface area (Å²) < 4.78 is 27.1. The molecule has 0 fully saturated rings. The van der Waals surface area contributed by atoms with Crippen molar-refractivity contribution in [2.24, 2.45) is 0 Å². The standard InChI is InChI=1S/C2H2N2O.HNO2S/c1-2-5-4-3-1;1-4(2)3/h1-2H;1H. The first kappa shape index (κ1) is 7.76. The molecule has 9 heavy (non-hydrogen) atoms. The first-order chi connectivity index (χ1) is 4.23. The second-order valence-electron chi connectivity index (χ2n) is 0.822. The highest BCUT2D eigenvalue weighted by molar-refractivity contribution is 7.60. The molecule has 1 aromatic heterocycles. The smallest absolute Gasteiger partial charge is 0.308 e. The number of nitrogens with one attached hydrogen (secondary N) is 1. The molecule has 0 aliphatic rings. The molecule has 0 atom stereocenters. The number of nitrogens with zero attached hydrogens (tertiary/aromatic N) is 2. The van der Waals surface area contributed by atoms with Crippen molar-refractivity contribution in [3.8, 4) is 0 Å². The van der Waals surface area contributed by atoms with Gasteiger partial charge in [-0.1, -0.05) is 0 Å². The zero-order valence-electron chi connectivity index (χ0n) is 4.18. The Labute approximate surface area is 52.0 Å². The molecule has 1 aromatic rings. The van der Waals surface area contributed by atoms with Crippen LogP contribution in [0.2, 0.25) is 0 Å². The Morgan fingerprint density at radius 1 is 1.56 bits per heavy atom. The summed E-state index contributed by atoms with van der Waals surface area (Å²) in [4.78, 5) is 0. The van der Waals surface area contributed by atoms with Crippen LogP contribution < -0.4 is 0 Å². The Balaban J connectivity index is 0.000000148. The molecule has 1 heterocycles. The zero-order valence-corrected chi connectivity index (χ0v) is 5.00. The van der Waals surface area contributed by atoms with Crippen LogP contribution in [0.25, 0.3) is 0 Å². The van der Waals surface area contributed by atoms with Crippen LogP contribution in [0.4, 0.5) is 0 Å². The fourth-order valence-corrected chi connectivity index (χ4v) is 0.136. The lowest BCUT2D eigenvalue weighted by Crippen LogP contribution is -1.53. The summed E-state index contributed by atoms with van der Waals surface area (Å²) in [5.74, 6) is 0. The predicted molar refractivity (Wildman–Crippen MR) is 25.9 cm³/mol. The van der Waals surface area contributed by atoms with Gasteiger partial charge in [-0.3, -0.25) is 0 Å². The van der Waals surface area contributed by atoms with E-state index in [-0.39, 0.29) is 0 Å². The summed E-state index contributed by atoms with van der Waals surface area (Å²) in [5, 5.41) is 6.40. The summed E-state index contributed by atoms with van der Waals surface area (Å²) in [5.41, 5.74) is 0. The van der Waals surface area contributed by atoms with Gasteiger partial charge in [0, 0.05) is 5.27 Å². The van der Waals surface area contributed by atoms with Gasteiger partial charge in [0.05, 0.1) is 6.20 Å². The fraction of sp³-hybridized carbons (Fsp3) is 0. The van der Waals surface area contributed by atoms with Crippen LogP contribution in [0.5, 0.6) is 0 Å². The van der Waals surface area contributed by atoms with Gasteiger partial charge in [0.15, 0.2) is 0 Å². The van der Waals surface area contributed by atoms with Gasteiger partial charge < -0.3 is 4.52 Å². The maximum atomic E-state index is 8.67. The minimum atomic E-state index is -2.61. The van der Waals surface area contributed by atoms with E-state index in [2.05, 4.69) is 14.9 Å². The van der Waals surface area contributed by atoms with E-state index in [0.717, 1.165) is 0 Å². The van der Waals surface area contributed by atoms with Crippen molar-refractivity contribution in [1.29, 1.82) is 4.78 Å². The maximum absolute atomic E-state index is 8.67. The molecule has 0 amide bonds. The quantitative estimate of drug-likeness (QED) is 0.546. The van der Waals surface area contributed by atoms with Crippen LogP contribution in [0.15, 0.2) is 17.0 Å². The van der Waals surface area contributed by atoms with Crippen molar-refractivity contribution in [3.05, 3.63) is 12.5 Å². The number of hydrogen-bond donors (Lipinski definition) is 1. The Morgan fingerprint density at radius 3 is 2.22 bits per heavy atom. The van der Waals surface area contributed by atoms with Crippen LogP contribution in [0.3, 0.4) is 0 Å². The average Bonchev–Trinajstić information content (AvgIpc) is 2.11. The van der Waals surface area contributed by atoms with E-state index < -0.39 is 10.5 Å². The highest BCUT2D eigenvalue weighted by Gasteiger charge is 1.61. The van der Waals surface area contributed by atoms with Crippen molar-refractivity contribution >= 4 is 10.5 Å². The van der Waals surface area contributed by atoms with Crippen molar-refractivity contribution in [3.63, 3.8) is 0 Å². The molecule has 0 aliphatic heterocycles. The van der Waals surface area contributed by atoms with Crippen LogP contribution in [0.1, 0.15) is 0 Å². The van der Waals surface area contributed by atoms with Crippen LogP contribution >= 0.6 is 0 Å². The molecule has 0 bridgehead atoms.